The van der Waals surface area contributed by atoms with Crippen molar-refractivity contribution in [2.24, 2.45) is 0 Å². The van der Waals surface area contributed by atoms with Crippen LogP contribution in [0, 0.1) is 0 Å². The number of alkyl halides is 1. The zero-order valence-corrected chi connectivity index (χ0v) is 15.4. The van der Waals surface area contributed by atoms with Gasteiger partial charge in [-0.1, -0.05) is 46.3 Å². The fraction of sp³-hybridized carbons (Fsp3) is 0.529. The molecule has 0 aliphatic carbocycles. The van der Waals surface area contributed by atoms with Crippen molar-refractivity contribution in [3.8, 4) is 0 Å². The molecular weight excluding hydrogens is 362 g/mol. The first-order valence-corrected chi connectivity index (χ1v) is 8.49. The Kier molecular flexibility index (Phi) is 8.26. The molecule has 1 rings (SSSR count). The van der Waals surface area contributed by atoms with Gasteiger partial charge < -0.3 is 9.47 Å². The van der Waals surface area contributed by atoms with Crippen molar-refractivity contribution in [1.29, 1.82) is 0 Å². The topological polar surface area (TPSA) is 64.6 Å². The maximum atomic E-state index is 11.8. The molecule has 0 aliphatic heterocycles. The number of hydrogen-bond donors (Lipinski definition) is 1. The van der Waals surface area contributed by atoms with Crippen LogP contribution < -0.4 is 5.32 Å². The highest BCUT2D eigenvalue weighted by Gasteiger charge is 2.24. The molecule has 0 aromatic heterocycles. The van der Waals surface area contributed by atoms with E-state index in [2.05, 4.69) is 21.2 Å². The number of benzene rings is 1. The van der Waals surface area contributed by atoms with Crippen molar-refractivity contribution >= 4 is 27.9 Å². The van der Waals surface area contributed by atoms with Crippen molar-refractivity contribution in [2.45, 2.75) is 50.8 Å². The molecule has 0 heterocycles. The summed E-state index contributed by atoms with van der Waals surface area (Å²) in [6.45, 7) is 5.82. The first-order valence-electron chi connectivity index (χ1n) is 7.57. The van der Waals surface area contributed by atoms with Gasteiger partial charge >= 0.3 is 11.9 Å². The number of halogens is 1. The van der Waals surface area contributed by atoms with Crippen molar-refractivity contribution < 1.29 is 19.1 Å². The Bertz CT molecular complexity index is 503. The number of esters is 2. The van der Waals surface area contributed by atoms with Crippen molar-refractivity contribution in [2.75, 3.05) is 6.54 Å². The first-order chi connectivity index (χ1) is 10.8. The van der Waals surface area contributed by atoms with Crippen LogP contribution >= 0.6 is 15.9 Å². The molecule has 0 amide bonds. The van der Waals surface area contributed by atoms with E-state index in [0.717, 1.165) is 5.56 Å². The Hall–Kier alpha value is -1.40. The minimum Gasteiger partial charge on any atom is -0.461 e. The molecule has 0 saturated carbocycles. The van der Waals surface area contributed by atoms with E-state index in [9.17, 15) is 9.59 Å². The summed E-state index contributed by atoms with van der Waals surface area (Å²) < 4.78 is 10.6. The second-order valence-electron chi connectivity index (χ2n) is 5.88. The average molecular weight is 386 g/mol. The SMILES string of the molecule is CC(Br)NCC(=O)OC(C)(C)CCC(=O)OCc1ccccc1. The van der Waals surface area contributed by atoms with Gasteiger partial charge in [-0.25, -0.2) is 0 Å². The van der Waals surface area contributed by atoms with Crippen LogP contribution in [-0.2, 0) is 25.7 Å². The van der Waals surface area contributed by atoms with Gasteiger partial charge in [-0.15, -0.1) is 0 Å². The van der Waals surface area contributed by atoms with Crippen molar-refractivity contribution in [1.82, 2.24) is 5.32 Å². The quantitative estimate of drug-likeness (QED) is 0.401. The molecule has 1 aromatic rings. The lowest BCUT2D eigenvalue weighted by atomic mass is 10.0. The summed E-state index contributed by atoms with van der Waals surface area (Å²) in [5, 5.41) is 2.92. The average Bonchev–Trinajstić information content (AvgIpc) is 2.49. The molecule has 1 unspecified atom stereocenters. The Balaban J connectivity index is 2.28. The molecule has 0 fully saturated rings. The van der Waals surface area contributed by atoms with Crippen molar-refractivity contribution in [3.05, 3.63) is 35.9 Å². The normalized spacial score (nSPS) is 12.5. The molecule has 0 aliphatic rings. The van der Waals surface area contributed by atoms with Gasteiger partial charge in [0.15, 0.2) is 0 Å². The second kappa shape index (κ2) is 9.67. The minimum atomic E-state index is -0.708. The number of ether oxygens (including phenoxy) is 2. The van der Waals surface area contributed by atoms with E-state index in [1.807, 2.05) is 37.3 Å². The number of carbonyl (C=O) groups excluding carboxylic acids is 2. The van der Waals surface area contributed by atoms with Crippen LogP contribution in [0.25, 0.3) is 0 Å². The van der Waals surface area contributed by atoms with Gasteiger partial charge in [0.1, 0.15) is 12.2 Å². The fourth-order valence-corrected chi connectivity index (χ4v) is 1.99. The van der Waals surface area contributed by atoms with E-state index in [4.69, 9.17) is 9.47 Å². The standard InChI is InChI=1S/C17H24BrNO4/c1-13(18)19-11-16(21)23-17(2,3)10-9-15(20)22-12-14-7-5-4-6-8-14/h4-8,13,19H,9-12H2,1-3H3. The lowest BCUT2D eigenvalue weighted by Gasteiger charge is -2.25. The van der Waals surface area contributed by atoms with Gasteiger partial charge in [0.2, 0.25) is 0 Å². The number of hydrogen-bond acceptors (Lipinski definition) is 5. The molecule has 1 aromatic carbocycles. The molecule has 0 spiro atoms. The number of rotatable bonds is 9. The van der Waals surface area contributed by atoms with Gasteiger partial charge in [-0.2, -0.15) is 0 Å². The van der Waals surface area contributed by atoms with Crippen LogP contribution in [0.2, 0.25) is 0 Å². The van der Waals surface area contributed by atoms with E-state index >= 15 is 0 Å². The Labute approximate surface area is 145 Å². The summed E-state index contributed by atoms with van der Waals surface area (Å²) in [7, 11) is 0. The first kappa shape index (κ1) is 19.6. The number of carbonyl (C=O) groups is 2. The van der Waals surface area contributed by atoms with E-state index in [-0.39, 0.29) is 36.5 Å². The molecule has 128 valence electrons. The van der Waals surface area contributed by atoms with Crippen LogP contribution in [0.5, 0.6) is 0 Å². The summed E-state index contributed by atoms with van der Waals surface area (Å²) >= 11 is 3.29. The maximum Gasteiger partial charge on any atom is 0.320 e. The summed E-state index contributed by atoms with van der Waals surface area (Å²) in [5.74, 6) is -0.649. The number of nitrogens with one attached hydrogen (secondary N) is 1. The van der Waals surface area contributed by atoms with Gasteiger partial charge in [0, 0.05) is 6.42 Å². The molecule has 23 heavy (non-hydrogen) atoms. The van der Waals surface area contributed by atoms with Crippen LogP contribution in [-0.4, -0.2) is 29.0 Å². The van der Waals surface area contributed by atoms with Crippen LogP contribution in [0.3, 0.4) is 0 Å². The largest absolute Gasteiger partial charge is 0.461 e. The maximum absolute atomic E-state index is 11.8. The summed E-state index contributed by atoms with van der Waals surface area (Å²) in [6, 6.07) is 9.50. The molecule has 6 heteroatoms. The van der Waals surface area contributed by atoms with Gasteiger partial charge in [-0.05, 0) is 32.8 Å². The van der Waals surface area contributed by atoms with E-state index in [1.54, 1.807) is 13.8 Å². The second-order valence-corrected chi connectivity index (χ2v) is 7.25. The third-order valence-electron chi connectivity index (χ3n) is 3.09. The smallest absolute Gasteiger partial charge is 0.320 e. The zero-order chi connectivity index (χ0) is 17.3. The highest BCUT2D eigenvalue weighted by Crippen LogP contribution is 2.17. The Morgan fingerprint density at radius 1 is 1.22 bits per heavy atom. The van der Waals surface area contributed by atoms with E-state index < -0.39 is 5.60 Å². The van der Waals surface area contributed by atoms with Crippen LogP contribution in [0.1, 0.15) is 39.2 Å². The minimum absolute atomic E-state index is 0.0335. The molecule has 0 radical (unpaired) electrons. The molecule has 1 atom stereocenters. The monoisotopic (exact) mass is 385 g/mol. The highest BCUT2D eigenvalue weighted by molar-refractivity contribution is 9.09. The third-order valence-corrected chi connectivity index (χ3v) is 3.42. The summed E-state index contributed by atoms with van der Waals surface area (Å²) in [6.07, 6.45) is 0.617. The van der Waals surface area contributed by atoms with Gasteiger partial charge in [-0.3, -0.25) is 14.9 Å². The van der Waals surface area contributed by atoms with Crippen LogP contribution in [0.15, 0.2) is 30.3 Å². The molecule has 5 nitrogen and oxygen atoms in total. The molecule has 1 N–H and O–H groups in total. The third kappa shape index (κ3) is 9.36. The summed E-state index contributed by atoms with van der Waals surface area (Å²) in [5.41, 5.74) is 0.238. The van der Waals surface area contributed by atoms with E-state index in [1.165, 1.54) is 0 Å². The predicted octanol–water partition coefficient (Wildman–Crippen LogP) is 3.16. The van der Waals surface area contributed by atoms with Gasteiger partial charge in [0.05, 0.1) is 11.5 Å². The van der Waals surface area contributed by atoms with Crippen molar-refractivity contribution in [3.63, 3.8) is 0 Å². The van der Waals surface area contributed by atoms with E-state index in [0.29, 0.717) is 6.42 Å². The molecule has 0 saturated heterocycles. The van der Waals surface area contributed by atoms with Crippen LogP contribution in [0.4, 0.5) is 0 Å². The highest BCUT2D eigenvalue weighted by atomic mass is 79.9. The lowest BCUT2D eigenvalue weighted by molar-refractivity contribution is -0.159. The lowest BCUT2D eigenvalue weighted by Crippen LogP contribution is -2.35. The Morgan fingerprint density at radius 3 is 2.48 bits per heavy atom. The molecule has 0 bridgehead atoms. The zero-order valence-electron chi connectivity index (χ0n) is 13.8. The predicted molar refractivity (Wildman–Crippen MR) is 92.0 cm³/mol. The van der Waals surface area contributed by atoms with Gasteiger partial charge in [0.25, 0.3) is 0 Å². The summed E-state index contributed by atoms with van der Waals surface area (Å²) in [4.78, 5) is 23.5. The fourth-order valence-electron chi connectivity index (χ4n) is 1.83. The Morgan fingerprint density at radius 2 is 1.87 bits per heavy atom. The molecular formula is C17H24BrNO4.